The topological polar surface area (TPSA) is 59.4 Å². The first-order valence-electron chi connectivity index (χ1n) is 6.77. The molecule has 0 aromatic heterocycles. The summed E-state index contributed by atoms with van der Waals surface area (Å²) in [6, 6.07) is 9.15. The van der Waals surface area contributed by atoms with Gasteiger partial charge in [-0.3, -0.25) is 9.69 Å². The zero-order valence-corrected chi connectivity index (χ0v) is 12.0. The average molecular weight is 272 g/mol. The monoisotopic (exact) mass is 272 g/mol. The standard InChI is InChI=1S/C15H20N4O/c1-18-6-7-19(2)14(11-18)10-17-15(20)13-5-3-4-12(8-13)9-16/h3-5,8,14H,6-7,10-11H2,1-2H3,(H,17,20)/t14-/m1/s1. The molecule has 1 aromatic carbocycles. The second-order valence-corrected chi connectivity index (χ2v) is 5.30. The molecule has 1 amide bonds. The Labute approximate surface area is 119 Å². The van der Waals surface area contributed by atoms with E-state index in [2.05, 4.69) is 29.2 Å². The maximum atomic E-state index is 12.1. The summed E-state index contributed by atoms with van der Waals surface area (Å²) in [4.78, 5) is 16.6. The molecule has 1 heterocycles. The van der Waals surface area contributed by atoms with Gasteiger partial charge in [-0.25, -0.2) is 0 Å². The lowest BCUT2D eigenvalue weighted by Gasteiger charge is -2.37. The van der Waals surface area contributed by atoms with Crippen LogP contribution in [0.5, 0.6) is 0 Å². The molecule has 5 heteroatoms. The van der Waals surface area contributed by atoms with Gasteiger partial charge < -0.3 is 10.2 Å². The highest BCUT2D eigenvalue weighted by Gasteiger charge is 2.22. The van der Waals surface area contributed by atoms with Gasteiger partial charge in [0.2, 0.25) is 0 Å². The van der Waals surface area contributed by atoms with Crippen molar-refractivity contribution in [2.45, 2.75) is 6.04 Å². The van der Waals surface area contributed by atoms with E-state index in [4.69, 9.17) is 5.26 Å². The number of amides is 1. The third-order valence-electron chi connectivity index (χ3n) is 3.73. The van der Waals surface area contributed by atoms with Crippen LogP contribution in [-0.4, -0.2) is 62.0 Å². The van der Waals surface area contributed by atoms with Crippen LogP contribution in [0.4, 0.5) is 0 Å². The summed E-state index contributed by atoms with van der Waals surface area (Å²) in [5, 5.41) is 11.8. The lowest BCUT2D eigenvalue weighted by molar-refractivity contribution is 0.0881. The van der Waals surface area contributed by atoms with E-state index in [-0.39, 0.29) is 5.91 Å². The summed E-state index contributed by atoms with van der Waals surface area (Å²) in [6.45, 7) is 3.65. The van der Waals surface area contributed by atoms with Crippen LogP contribution in [0.15, 0.2) is 24.3 Å². The number of likely N-dealkylation sites (N-methyl/N-ethyl adjacent to an activating group) is 2. The predicted molar refractivity (Wildman–Crippen MR) is 77.4 cm³/mol. The van der Waals surface area contributed by atoms with Gasteiger partial charge in [0, 0.05) is 37.8 Å². The fourth-order valence-electron chi connectivity index (χ4n) is 2.36. The summed E-state index contributed by atoms with van der Waals surface area (Å²) < 4.78 is 0. The zero-order valence-electron chi connectivity index (χ0n) is 12.0. The quantitative estimate of drug-likeness (QED) is 0.872. The van der Waals surface area contributed by atoms with E-state index >= 15 is 0 Å². The van der Waals surface area contributed by atoms with Crippen LogP contribution in [0.2, 0.25) is 0 Å². The molecule has 0 radical (unpaired) electrons. The first kappa shape index (κ1) is 14.5. The molecule has 106 valence electrons. The second kappa shape index (κ2) is 6.51. The molecular weight excluding hydrogens is 252 g/mol. The maximum absolute atomic E-state index is 12.1. The van der Waals surface area contributed by atoms with E-state index in [0.717, 1.165) is 19.6 Å². The van der Waals surface area contributed by atoms with Gasteiger partial charge in [0.25, 0.3) is 5.91 Å². The number of carbonyl (C=O) groups excluding carboxylic acids is 1. The lowest BCUT2D eigenvalue weighted by atomic mass is 10.1. The van der Waals surface area contributed by atoms with E-state index in [1.54, 1.807) is 24.3 Å². The number of nitrogens with zero attached hydrogens (tertiary/aromatic N) is 3. The van der Waals surface area contributed by atoms with Crippen molar-refractivity contribution >= 4 is 5.91 Å². The minimum absolute atomic E-state index is 0.122. The normalized spacial score (nSPS) is 20.4. The van der Waals surface area contributed by atoms with Gasteiger partial charge >= 0.3 is 0 Å². The number of piperazine rings is 1. The number of hydrogen-bond donors (Lipinski definition) is 1. The van der Waals surface area contributed by atoms with Crippen molar-refractivity contribution in [3.63, 3.8) is 0 Å². The van der Waals surface area contributed by atoms with Crippen molar-refractivity contribution < 1.29 is 4.79 Å². The van der Waals surface area contributed by atoms with Crippen molar-refractivity contribution in [1.29, 1.82) is 5.26 Å². The molecule has 1 atom stereocenters. The van der Waals surface area contributed by atoms with Crippen LogP contribution < -0.4 is 5.32 Å². The van der Waals surface area contributed by atoms with Crippen LogP contribution in [0, 0.1) is 11.3 Å². The Kier molecular flexibility index (Phi) is 4.72. The number of benzene rings is 1. The highest BCUT2D eigenvalue weighted by molar-refractivity contribution is 5.94. The predicted octanol–water partition coefficient (Wildman–Crippen LogP) is 0.534. The fraction of sp³-hybridized carbons (Fsp3) is 0.467. The van der Waals surface area contributed by atoms with Gasteiger partial charge in [0.05, 0.1) is 11.6 Å². The number of nitriles is 1. The Balaban J connectivity index is 1.93. The lowest BCUT2D eigenvalue weighted by Crippen LogP contribution is -2.54. The third kappa shape index (κ3) is 3.56. The summed E-state index contributed by atoms with van der Waals surface area (Å²) in [5.74, 6) is -0.122. The highest BCUT2D eigenvalue weighted by atomic mass is 16.1. The molecule has 1 aromatic rings. The Morgan fingerprint density at radius 1 is 1.45 bits per heavy atom. The van der Waals surface area contributed by atoms with E-state index in [1.165, 1.54) is 0 Å². The van der Waals surface area contributed by atoms with Crippen molar-refractivity contribution in [3.8, 4) is 6.07 Å². The van der Waals surface area contributed by atoms with Crippen molar-refractivity contribution in [2.24, 2.45) is 0 Å². The average Bonchev–Trinajstić information content (AvgIpc) is 2.48. The van der Waals surface area contributed by atoms with Gasteiger partial charge in [-0.2, -0.15) is 5.26 Å². The van der Waals surface area contributed by atoms with Gasteiger partial charge in [-0.1, -0.05) is 6.07 Å². The highest BCUT2D eigenvalue weighted by Crippen LogP contribution is 2.07. The summed E-state index contributed by atoms with van der Waals surface area (Å²) in [5.41, 5.74) is 1.04. The van der Waals surface area contributed by atoms with Crippen LogP contribution in [-0.2, 0) is 0 Å². The first-order chi connectivity index (χ1) is 9.60. The Morgan fingerprint density at radius 3 is 3.00 bits per heavy atom. The van der Waals surface area contributed by atoms with E-state index in [1.807, 2.05) is 6.07 Å². The second-order valence-electron chi connectivity index (χ2n) is 5.30. The minimum atomic E-state index is -0.122. The molecule has 0 unspecified atom stereocenters. The molecule has 1 aliphatic heterocycles. The van der Waals surface area contributed by atoms with E-state index < -0.39 is 0 Å². The minimum Gasteiger partial charge on any atom is -0.350 e. The molecule has 0 bridgehead atoms. The Bertz CT molecular complexity index is 523. The SMILES string of the molecule is CN1CCN(C)[C@H](CNC(=O)c2cccc(C#N)c2)C1. The van der Waals surface area contributed by atoms with Crippen LogP contribution in [0.25, 0.3) is 0 Å². The molecule has 0 aliphatic carbocycles. The first-order valence-corrected chi connectivity index (χ1v) is 6.77. The molecule has 1 aliphatic rings. The van der Waals surface area contributed by atoms with Gasteiger partial charge in [-0.05, 0) is 32.3 Å². The molecule has 20 heavy (non-hydrogen) atoms. The molecule has 0 saturated carbocycles. The zero-order chi connectivity index (χ0) is 14.5. The van der Waals surface area contributed by atoms with Crippen LogP contribution in [0.3, 0.4) is 0 Å². The molecule has 2 rings (SSSR count). The summed E-state index contributed by atoms with van der Waals surface area (Å²) >= 11 is 0. The van der Waals surface area contributed by atoms with Crippen molar-refractivity contribution in [2.75, 3.05) is 40.3 Å². The molecule has 5 nitrogen and oxygen atoms in total. The van der Waals surface area contributed by atoms with Gasteiger partial charge in [0.1, 0.15) is 0 Å². The summed E-state index contributed by atoms with van der Waals surface area (Å²) in [7, 11) is 4.18. The number of hydrogen-bond acceptors (Lipinski definition) is 4. The number of nitrogens with one attached hydrogen (secondary N) is 1. The van der Waals surface area contributed by atoms with Crippen molar-refractivity contribution in [3.05, 3.63) is 35.4 Å². The Hall–Kier alpha value is -1.90. The molecular formula is C15H20N4O. The smallest absolute Gasteiger partial charge is 0.251 e. The van der Waals surface area contributed by atoms with Crippen LogP contribution in [0.1, 0.15) is 15.9 Å². The number of carbonyl (C=O) groups is 1. The molecule has 1 fully saturated rings. The molecule has 1 saturated heterocycles. The van der Waals surface area contributed by atoms with Crippen molar-refractivity contribution in [1.82, 2.24) is 15.1 Å². The van der Waals surface area contributed by atoms with Gasteiger partial charge in [-0.15, -0.1) is 0 Å². The maximum Gasteiger partial charge on any atom is 0.251 e. The third-order valence-corrected chi connectivity index (χ3v) is 3.73. The molecule has 0 spiro atoms. The molecule has 1 N–H and O–H groups in total. The Morgan fingerprint density at radius 2 is 2.25 bits per heavy atom. The van der Waals surface area contributed by atoms with Gasteiger partial charge in [0.15, 0.2) is 0 Å². The number of rotatable bonds is 3. The van der Waals surface area contributed by atoms with Crippen LogP contribution >= 0.6 is 0 Å². The largest absolute Gasteiger partial charge is 0.350 e. The fourth-order valence-corrected chi connectivity index (χ4v) is 2.36. The van der Waals surface area contributed by atoms with E-state index in [9.17, 15) is 4.79 Å². The summed E-state index contributed by atoms with van der Waals surface area (Å²) in [6.07, 6.45) is 0. The van der Waals surface area contributed by atoms with E-state index in [0.29, 0.717) is 23.7 Å².